The third-order valence-corrected chi connectivity index (χ3v) is 2.92. The Labute approximate surface area is 107 Å². The van der Waals surface area contributed by atoms with Gasteiger partial charge in [0.1, 0.15) is 11.6 Å². The lowest BCUT2D eigenvalue weighted by molar-refractivity contribution is 0.141. The lowest BCUT2D eigenvalue weighted by Gasteiger charge is -2.07. The highest BCUT2D eigenvalue weighted by Gasteiger charge is 2.26. The Bertz CT molecular complexity index is 426. The molecule has 1 heterocycles. The van der Waals surface area contributed by atoms with Crippen LogP contribution >= 0.6 is 0 Å². The molecule has 1 aliphatic carbocycles. The molecular formula is C13H21N3O2. The van der Waals surface area contributed by atoms with Gasteiger partial charge in [-0.15, -0.1) is 0 Å². The van der Waals surface area contributed by atoms with Gasteiger partial charge in [-0.05, 0) is 19.3 Å². The summed E-state index contributed by atoms with van der Waals surface area (Å²) in [5.74, 6) is 1.93. The zero-order valence-electron chi connectivity index (χ0n) is 10.9. The first-order chi connectivity index (χ1) is 8.79. The van der Waals surface area contributed by atoms with Gasteiger partial charge in [0.05, 0.1) is 6.61 Å². The van der Waals surface area contributed by atoms with Crippen LogP contribution in [0.15, 0.2) is 10.9 Å². The van der Waals surface area contributed by atoms with Crippen molar-refractivity contribution in [2.24, 2.45) is 0 Å². The molecule has 0 aromatic carbocycles. The van der Waals surface area contributed by atoms with E-state index in [0.717, 1.165) is 38.1 Å². The molecule has 2 N–H and O–H groups in total. The summed E-state index contributed by atoms with van der Waals surface area (Å²) >= 11 is 0. The Kier molecular flexibility index (Phi) is 4.75. The summed E-state index contributed by atoms with van der Waals surface area (Å²) in [7, 11) is 0. The number of hydrogen-bond acceptors (Lipinski definition) is 4. The van der Waals surface area contributed by atoms with E-state index in [4.69, 9.17) is 4.74 Å². The fourth-order valence-electron chi connectivity index (χ4n) is 1.72. The maximum Gasteiger partial charge on any atom is 0.252 e. The van der Waals surface area contributed by atoms with Crippen molar-refractivity contribution >= 4 is 5.82 Å². The number of anilines is 1. The van der Waals surface area contributed by atoms with Crippen LogP contribution in [-0.2, 0) is 4.74 Å². The largest absolute Gasteiger partial charge is 0.380 e. The first-order valence-electron chi connectivity index (χ1n) is 6.72. The number of nitrogens with zero attached hydrogens (tertiary/aromatic N) is 1. The first kappa shape index (κ1) is 13.1. The van der Waals surface area contributed by atoms with Gasteiger partial charge in [0.25, 0.3) is 5.56 Å². The molecule has 0 aliphatic heterocycles. The number of aromatic nitrogens is 2. The first-order valence-corrected chi connectivity index (χ1v) is 6.72. The fraction of sp³-hybridized carbons (Fsp3) is 0.692. The second-order valence-corrected chi connectivity index (χ2v) is 4.68. The molecule has 2 rings (SSSR count). The lowest BCUT2D eigenvalue weighted by atomic mass is 10.4. The third kappa shape index (κ3) is 4.14. The molecule has 18 heavy (non-hydrogen) atoms. The minimum atomic E-state index is -0.0821. The smallest absolute Gasteiger partial charge is 0.252 e. The average molecular weight is 251 g/mol. The van der Waals surface area contributed by atoms with Crippen LogP contribution in [0.5, 0.6) is 0 Å². The molecule has 1 saturated carbocycles. The predicted octanol–water partition coefficient (Wildman–Crippen LogP) is 1.88. The van der Waals surface area contributed by atoms with Crippen LogP contribution in [0, 0.1) is 0 Å². The maximum absolute atomic E-state index is 11.5. The summed E-state index contributed by atoms with van der Waals surface area (Å²) in [6, 6.07) is 1.50. The normalized spacial score (nSPS) is 14.7. The Hall–Kier alpha value is -1.36. The molecule has 0 saturated heterocycles. The van der Waals surface area contributed by atoms with E-state index in [-0.39, 0.29) is 5.56 Å². The second-order valence-electron chi connectivity index (χ2n) is 4.68. The number of ether oxygens (including phenoxy) is 1. The summed E-state index contributed by atoms with van der Waals surface area (Å²) in [6.07, 6.45) is 4.50. The molecule has 0 bridgehead atoms. The molecule has 1 aliphatic rings. The minimum absolute atomic E-state index is 0.0821. The summed E-state index contributed by atoms with van der Waals surface area (Å²) in [5, 5.41) is 3.13. The fourth-order valence-corrected chi connectivity index (χ4v) is 1.72. The van der Waals surface area contributed by atoms with Crippen molar-refractivity contribution in [2.75, 3.05) is 25.1 Å². The topological polar surface area (TPSA) is 67.0 Å². The highest BCUT2D eigenvalue weighted by Crippen LogP contribution is 2.37. The minimum Gasteiger partial charge on any atom is -0.380 e. The molecular weight excluding hydrogens is 230 g/mol. The van der Waals surface area contributed by atoms with Gasteiger partial charge in [-0.2, -0.15) is 0 Å². The van der Waals surface area contributed by atoms with Crippen LogP contribution < -0.4 is 10.9 Å². The van der Waals surface area contributed by atoms with E-state index >= 15 is 0 Å². The maximum atomic E-state index is 11.5. The van der Waals surface area contributed by atoms with E-state index in [9.17, 15) is 4.79 Å². The molecule has 0 radical (unpaired) electrons. The molecule has 1 fully saturated rings. The van der Waals surface area contributed by atoms with E-state index in [1.807, 2.05) is 0 Å². The molecule has 0 amide bonds. The van der Waals surface area contributed by atoms with Crippen LogP contribution in [0.25, 0.3) is 0 Å². The molecule has 1 aromatic rings. The van der Waals surface area contributed by atoms with Gasteiger partial charge in [-0.25, -0.2) is 4.98 Å². The van der Waals surface area contributed by atoms with Crippen molar-refractivity contribution in [3.8, 4) is 0 Å². The summed E-state index contributed by atoms with van der Waals surface area (Å²) in [4.78, 5) is 18.6. The van der Waals surface area contributed by atoms with Crippen LogP contribution in [0.2, 0.25) is 0 Å². The number of hydrogen-bond donors (Lipinski definition) is 2. The third-order valence-electron chi connectivity index (χ3n) is 2.92. The van der Waals surface area contributed by atoms with Crippen LogP contribution in [-0.4, -0.2) is 29.7 Å². The van der Waals surface area contributed by atoms with E-state index in [1.54, 1.807) is 0 Å². The number of aromatic amines is 1. The van der Waals surface area contributed by atoms with Gasteiger partial charge in [0.15, 0.2) is 0 Å². The second kappa shape index (κ2) is 6.54. The number of rotatable bonds is 8. The van der Waals surface area contributed by atoms with Crippen molar-refractivity contribution in [2.45, 2.75) is 38.5 Å². The van der Waals surface area contributed by atoms with E-state index in [1.165, 1.54) is 6.07 Å². The molecule has 1 aromatic heterocycles. The Morgan fingerprint density at radius 1 is 1.50 bits per heavy atom. The summed E-state index contributed by atoms with van der Waals surface area (Å²) in [5.41, 5.74) is -0.0821. The zero-order valence-corrected chi connectivity index (χ0v) is 10.9. The van der Waals surface area contributed by atoms with Crippen molar-refractivity contribution < 1.29 is 4.74 Å². The monoisotopic (exact) mass is 251 g/mol. The Morgan fingerprint density at radius 2 is 2.33 bits per heavy atom. The van der Waals surface area contributed by atoms with Crippen molar-refractivity contribution in [1.82, 2.24) is 9.97 Å². The summed E-state index contributed by atoms with van der Waals surface area (Å²) < 4.78 is 5.44. The highest BCUT2D eigenvalue weighted by atomic mass is 16.5. The van der Waals surface area contributed by atoms with Crippen molar-refractivity contribution in [1.29, 1.82) is 0 Å². The highest BCUT2D eigenvalue weighted by molar-refractivity contribution is 5.33. The van der Waals surface area contributed by atoms with Gasteiger partial charge in [-0.3, -0.25) is 4.79 Å². The van der Waals surface area contributed by atoms with Gasteiger partial charge in [0.2, 0.25) is 0 Å². The molecule has 100 valence electrons. The Morgan fingerprint density at radius 3 is 3.06 bits per heavy atom. The zero-order chi connectivity index (χ0) is 12.8. The van der Waals surface area contributed by atoms with Crippen LogP contribution in [0.1, 0.15) is 44.3 Å². The number of H-pyrrole nitrogens is 1. The lowest BCUT2D eigenvalue weighted by Crippen LogP contribution is -2.16. The quantitative estimate of drug-likeness (QED) is 0.692. The average Bonchev–Trinajstić information content (AvgIpc) is 3.17. The Balaban J connectivity index is 1.76. The van der Waals surface area contributed by atoms with Gasteiger partial charge < -0.3 is 15.0 Å². The molecule has 0 unspecified atom stereocenters. The van der Waals surface area contributed by atoms with Gasteiger partial charge >= 0.3 is 0 Å². The summed E-state index contributed by atoms with van der Waals surface area (Å²) in [6.45, 7) is 4.27. The van der Waals surface area contributed by atoms with Crippen LogP contribution in [0.4, 0.5) is 5.82 Å². The number of nitrogens with one attached hydrogen (secondary N) is 2. The molecule has 0 spiro atoms. The van der Waals surface area contributed by atoms with Gasteiger partial charge in [-0.1, -0.05) is 13.3 Å². The van der Waals surface area contributed by atoms with Crippen LogP contribution in [0.3, 0.4) is 0 Å². The predicted molar refractivity (Wildman–Crippen MR) is 71.0 cm³/mol. The van der Waals surface area contributed by atoms with E-state index < -0.39 is 0 Å². The van der Waals surface area contributed by atoms with E-state index in [0.29, 0.717) is 24.9 Å². The molecule has 5 nitrogen and oxygen atoms in total. The SMILES string of the molecule is CCCCOCCNc1cc(=O)[nH]c(C2CC2)n1. The van der Waals surface area contributed by atoms with Gasteiger partial charge in [0, 0.05) is 25.1 Å². The molecule has 5 heteroatoms. The standard InChI is InChI=1S/C13H21N3O2/c1-2-3-7-18-8-6-14-11-9-12(17)16-13(15-11)10-4-5-10/h9-10H,2-8H2,1H3,(H2,14,15,16,17). The van der Waals surface area contributed by atoms with Crippen molar-refractivity contribution in [3.05, 3.63) is 22.2 Å². The number of unbranched alkanes of at least 4 members (excludes halogenated alkanes) is 1. The van der Waals surface area contributed by atoms with Crippen molar-refractivity contribution in [3.63, 3.8) is 0 Å². The molecule has 0 atom stereocenters. The van der Waals surface area contributed by atoms with E-state index in [2.05, 4.69) is 22.2 Å².